The molecule has 5 heteroatoms. The lowest BCUT2D eigenvalue weighted by Crippen LogP contribution is -2.11. The summed E-state index contributed by atoms with van der Waals surface area (Å²) in [6, 6.07) is 14.4. The van der Waals surface area contributed by atoms with E-state index in [9.17, 15) is 13.2 Å². The van der Waals surface area contributed by atoms with E-state index in [0.717, 1.165) is 11.6 Å². The zero-order valence-corrected chi connectivity index (χ0v) is 15.6. The highest BCUT2D eigenvalue weighted by Gasteiger charge is 2.34. The third-order valence-corrected chi connectivity index (χ3v) is 4.43. The predicted octanol–water partition coefficient (Wildman–Crippen LogP) is 6.94. The standard InChI is InChI=1S/C22H21F3O2/c1-21(2,3)14-9-10-18(26-4)16(13-14)20-12-11-19(27-20)15-7-5-6-8-17(15)22(23,24)25/h5-13H,1-4H3. The van der Waals surface area contributed by atoms with Crippen LogP contribution in [0.3, 0.4) is 0 Å². The van der Waals surface area contributed by atoms with Gasteiger partial charge in [-0.1, -0.05) is 45.0 Å². The van der Waals surface area contributed by atoms with Gasteiger partial charge in [0.2, 0.25) is 0 Å². The molecule has 0 N–H and O–H groups in total. The quantitative estimate of drug-likeness (QED) is 0.495. The second-order valence-electron chi connectivity index (χ2n) is 7.37. The van der Waals surface area contributed by atoms with Gasteiger partial charge in [-0.25, -0.2) is 0 Å². The van der Waals surface area contributed by atoms with Crippen molar-refractivity contribution < 1.29 is 22.3 Å². The van der Waals surface area contributed by atoms with Crippen molar-refractivity contribution in [3.8, 4) is 28.4 Å². The van der Waals surface area contributed by atoms with Crippen LogP contribution in [-0.4, -0.2) is 7.11 Å². The highest BCUT2D eigenvalue weighted by molar-refractivity contribution is 5.71. The first-order valence-electron chi connectivity index (χ1n) is 8.56. The molecule has 142 valence electrons. The number of halogens is 3. The number of furan rings is 1. The highest BCUT2D eigenvalue weighted by atomic mass is 19.4. The first kappa shape index (κ1) is 19.1. The lowest BCUT2D eigenvalue weighted by atomic mass is 9.86. The number of hydrogen-bond donors (Lipinski definition) is 0. The van der Waals surface area contributed by atoms with Crippen LogP contribution in [-0.2, 0) is 11.6 Å². The minimum absolute atomic E-state index is 0.0159. The average molecular weight is 374 g/mol. The van der Waals surface area contributed by atoms with Crippen molar-refractivity contribution in [1.29, 1.82) is 0 Å². The van der Waals surface area contributed by atoms with Gasteiger partial charge in [0.25, 0.3) is 0 Å². The molecule has 27 heavy (non-hydrogen) atoms. The summed E-state index contributed by atoms with van der Waals surface area (Å²) >= 11 is 0. The van der Waals surface area contributed by atoms with Gasteiger partial charge in [0.1, 0.15) is 17.3 Å². The van der Waals surface area contributed by atoms with Crippen LogP contribution in [0.5, 0.6) is 5.75 Å². The normalized spacial score (nSPS) is 12.3. The van der Waals surface area contributed by atoms with Crippen molar-refractivity contribution in [2.24, 2.45) is 0 Å². The van der Waals surface area contributed by atoms with Crippen LogP contribution < -0.4 is 4.74 Å². The molecule has 0 unspecified atom stereocenters. The van der Waals surface area contributed by atoms with Crippen LogP contribution >= 0.6 is 0 Å². The van der Waals surface area contributed by atoms with Crippen molar-refractivity contribution in [2.75, 3.05) is 7.11 Å². The van der Waals surface area contributed by atoms with Gasteiger partial charge in [-0.3, -0.25) is 0 Å². The molecule has 0 atom stereocenters. The molecule has 1 aromatic heterocycles. The fourth-order valence-corrected chi connectivity index (χ4v) is 2.94. The van der Waals surface area contributed by atoms with E-state index < -0.39 is 11.7 Å². The SMILES string of the molecule is COc1ccc(C(C)(C)C)cc1-c1ccc(-c2ccccc2C(F)(F)F)o1. The van der Waals surface area contributed by atoms with E-state index in [0.29, 0.717) is 17.1 Å². The number of alkyl halides is 3. The van der Waals surface area contributed by atoms with Gasteiger partial charge >= 0.3 is 6.18 Å². The van der Waals surface area contributed by atoms with Crippen LogP contribution in [0.15, 0.2) is 59.0 Å². The summed E-state index contributed by atoms with van der Waals surface area (Å²) in [4.78, 5) is 0. The third kappa shape index (κ3) is 3.87. The second-order valence-corrected chi connectivity index (χ2v) is 7.37. The van der Waals surface area contributed by atoms with E-state index in [-0.39, 0.29) is 16.7 Å². The van der Waals surface area contributed by atoms with E-state index in [1.807, 2.05) is 18.2 Å². The van der Waals surface area contributed by atoms with Gasteiger partial charge in [0.15, 0.2) is 0 Å². The molecule has 0 amide bonds. The third-order valence-electron chi connectivity index (χ3n) is 4.43. The van der Waals surface area contributed by atoms with Gasteiger partial charge in [-0.05, 0) is 41.3 Å². The van der Waals surface area contributed by atoms with E-state index in [1.54, 1.807) is 25.3 Å². The molecule has 2 nitrogen and oxygen atoms in total. The van der Waals surface area contributed by atoms with Crippen molar-refractivity contribution in [3.05, 3.63) is 65.7 Å². The highest BCUT2D eigenvalue weighted by Crippen LogP contribution is 2.41. The van der Waals surface area contributed by atoms with E-state index in [2.05, 4.69) is 20.8 Å². The first-order chi connectivity index (χ1) is 12.6. The van der Waals surface area contributed by atoms with Crippen LogP contribution in [0.1, 0.15) is 31.9 Å². The molecule has 0 radical (unpaired) electrons. The van der Waals surface area contributed by atoms with Crippen LogP contribution in [0.2, 0.25) is 0 Å². The molecular formula is C22H21F3O2. The van der Waals surface area contributed by atoms with Gasteiger partial charge in [-0.2, -0.15) is 13.2 Å². The molecule has 0 aliphatic rings. The second kappa shape index (κ2) is 6.80. The van der Waals surface area contributed by atoms with Gasteiger partial charge in [0.05, 0.1) is 18.2 Å². The maximum Gasteiger partial charge on any atom is 0.417 e. The Morgan fingerprint density at radius 1 is 0.815 bits per heavy atom. The first-order valence-corrected chi connectivity index (χ1v) is 8.56. The lowest BCUT2D eigenvalue weighted by Gasteiger charge is -2.20. The Morgan fingerprint density at radius 2 is 1.44 bits per heavy atom. The molecular weight excluding hydrogens is 353 g/mol. The van der Waals surface area contributed by atoms with Crippen LogP contribution in [0.4, 0.5) is 13.2 Å². The van der Waals surface area contributed by atoms with Gasteiger partial charge < -0.3 is 9.15 Å². The topological polar surface area (TPSA) is 22.4 Å². The summed E-state index contributed by atoms with van der Waals surface area (Å²) < 4.78 is 51.2. The number of methoxy groups -OCH3 is 1. The number of rotatable bonds is 3. The fourth-order valence-electron chi connectivity index (χ4n) is 2.94. The van der Waals surface area contributed by atoms with Crippen molar-refractivity contribution in [2.45, 2.75) is 32.4 Å². The molecule has 2 aromatic carbocycles. The minimum Gasteiger partial charge on any atom is -0.496 e. The zero-order valence-electron chi connectivity index (χ0n) is 15.6. The van der Waals surface area contributed by atoms with Gasteiger partial charge in [-0.15, -0.1) is 0 Å². The summed E-state index contributed by atoms with van der Waals surface area (Å²) in [7, 11) is 1.55. The van der Waals surface area contributed by atoms with E-state index in [4.69, 9.17) is 9.15 Å². The summed E-state index contributed by atoms with van der Waals surface area (Å²) in [5, 5.41) is 0. The van der Waals surface area contributed by atoms with Crippen molar-refractivity contribution in [1.82, 2.24) is 0 Å². The Labute approximate surface area is 156 Å². The summed E-state index contributed by atoms with van der Waals surface area (Å²) in [5.74, 6) is 1.24. The maximum atomic E-state index is 13.3. The Morgan fingerprint density at radius 3 is 2.04 bits per heavy atom. The number of ether oxygens (including phenoxy) is 1. The summed E-state index contributed by atoms with van der Waals surface area (Å²) in [6.07, 6.45) is -4.45. The minimum atomic E-state index is -4.45. The smallest absolute Gasteiger partial charge is 0.417 e. The molecule has 0 fully saturated rings. The lowest BCUT2D eigenvalue weighted by molar-refractivity contribution is -0.137. The summed E-state index contributed by atoms with van der Waals surface area (Å²) in [5.41, 5.74) is 0.996. The predicted molar refractivity (Wildman–Crippen MR) is 99.8 cm³/mol. The Balaban J connectivity index is 2.10. The van der Waals surface area contributed by atoms with Gasteiger partial charge in [0, 0.05) is 5.56 Å². The molecule has 0 aliphatic carbocycles. The average Bonchev–Trinajstić information content (AvgIpc) is 3.09. The molecule has 3 rings (SSSR count). The van der Waals surface area contributed by atoms with Crippen molar-refractivity contribution >= 4 is 0 Å². The summed E-state index contributed by atoms with van der Waals surface area (Å²) in [6.45, 7) is 6.27. The molecule has 1 heterocycles. The Kier molecular flexibility index (Phi) is 4.81. The molecule has 0 saturated heterocycles. The van der Waals surface area contributed by atoms with Crippen molar-refractivity contribution in [3.63, 3.8) is 0 Å². The zero-order chi connectivity index (χ0) is 19.8. The Hall–Kier alpha value is -2.69. The fraction of sp³-hybridized carbons (Fsp3) is 0.273. The molecule has 3 aromatic rings. The Bertz CT molecular complexity index is 947. The maximum absolute atomic E-state index is 13.3. The number of benzene rings is 2. The molecule has 0 spiro atoms. The largest absolute Gasteiger partial charge is 0.496 e. The molecule has 0 saturated carbocycles. The number of hydrogen-bond acceptors (Lipinski definition) is 2. The van der Waals surface area contributed by atoms with Crippen LogP contribution in [0, 0.1) is 0 Å². The van der Waals surface area contributed by atoms with E-state index >= 15 is 0 Å². The van der Waals surface area contributed by atoms with E-state index in [1.165, 1.54) is 12.1 Å². The monoisotopic (exact) mass is 374 g/mol. The molecule has 0 aliphatic heterocycles. The van der Waals surface area contributed by atoms with Crippen LogP contribution in [0.25, 0.3) is 22.6 Å². The molecule has 0 bridgehead atoms.